The van der Waals surface area contributed by atoms with Gasteiger partial charge in [-0.05, 0) is 55.4 Å². The average Bonchev–Trinajstić information content (AvgIpc) is 2.12. The second-order valence-corrected chi connectivity index (χ2v) is 8.47. The van der Waals surface area contributed by atoms with Crippen LogP contribution in [0.4, 0.5) is 0 Å². The number of rotatable bonds is 4. The molecule has 0 aromatic heterocycles. The van der Waals surface area contributed by atoms with Gasteiger partial charge in [-0.25, -0.2) is 0 Å². The summed E-state index contributed by atoms with van der Waals surface area (Å²) in [6, 6.07) is 2.02. The molecule has 0 aliphatic rings. The van der Waals surface area contributed by atoms with E-state index >= 15 is 0 Å². The van der Waals surface area contributed by atoms with E-state index in [1.807, 2.05) is 0 Å². The summed E-state index contributed by atoms with van der Waals surface area (Å²) in [5, 5.41) is 0. The molecule has 0 aromatic carbocycles. The first-order valence-electron chi connectivity index (χ1n) is 7.05. The van der Waals surface area contributed by atoms with Crippen molar-refractivity contribution in [2.24, 2.45) is 0 Å². The zero-order valence-corrected chi connectivity index (χ0v) is 19.3. The van der Waals surface area contributed by atoms with Crippen LogP contribution in [0.2, 0.25) is 0 Å². The molecule has 0 heterocycles. The molecule has 0 aromatic rings. The molecule has 0 fully saturated rings. The van der Waals surface area contributed by atoms with Crippen molar-refractivity contribution in [1.82, 2.24) is 9.80 Å². The number of nitrogens with zero attached hydrogens (tertiary/aromatic N) is 2. The third kappa shape index (κ3) is 12.4. The standard InChI is InChI=1S/2C7H15NS2.Fe/c2*1-5(2)8(6(3)4)7(9)10;/h2*5-6H,1-4H3,(H,9,10);/q;;+3/p+4. The second-order valence-electron chi connectivity index (χ2n) is 5.84. The van der Waals surface area contributed by atoms with Crippen LogP contribution in [0.1, 0.15) is 55.4 Å². The summed E-state index contributed by atoms with van der Waals surface area (Å²) < 4.78 is 1.81. The summed E-state index contributed by atoms with van der Waals surface area (Å²) in [6.45, 7) is 17.2. The average molecular weight is 415 g/mol. The molecule has 0 aliphatic heterocycles. The molecule has 0 bridgehead atoms. The molecule has 2 nitrogen and oxygen atoms in total. The molecule has 0 aliphatic carbocycles. The Bertz CT molecular complexity index is 261. The van der Waals surface area contributed by atoms with Gasteiger partial charge in [-0.15, -0.1) is 0 Å². The predicted octanol–water partition coefficient (Wildman–Crippen LogP) is 0.964. The predicted molar refractivity (Wildman–Crippen MR) is 112 cm³/mol. The van der Waals surface area contributed by atoms with E-state index in [4.69, 9.17) is 0 Å². The SMILES string of the molecule is CC(C)N(C(=[SH+])[SH2+])C(C)C.CC(C)N(C(=[SH+])[SH2+])C(C)C.[Fe+3]. The zero-order chi connectivity index (χ0) is 16.6. The fraction of sp³-hybridized carbons (Fsp3) is 0.857. The largest absolute Gasteiger partial charge is 3.00 e. The van der Waals surface area contributed by atoms with Crippen LogP contribution in [0.3, 0.4) is 0 Å². The maximum Gasteiger partial charge on any atom is 3.00 e. The number of hydrogen-bond donors (Lipinski definition) is 0. The van der Waals surface area contributed by atoms with Gasteiger partial charge < -0.3 is 0 Å². The van der Waals surface area contributed by atoms with Gasteiger partial charge in [-0.3, -0.25) is 0 Å². The van der Waals surface area contributed by atoms with E-state index < -0.39 is 0 Å². The van der Waals surface area contributed by atoms with Crippen LogP contribution in [0.25, 0.3) is 0 Å². The molecular formula is C14H34FeN2S4+7. The normalized spacial score (nSPS) is 11.0. The van der Waals surface area contributed by atoms with Crippen molar-refractivity contribution in [1.29, 1.82) is 0 Å². The molecule has 0 rings (SSSR count). The Balaban J connectivity index is -0.000000295. The Morgan fingerprint density at radius 1 is 0.619 bits per heavy atom. The molecule has 7 heteroatoms. The molecule has 0 saturated heterocycles. The second kappa shape index (κ2) is 13.7. The molecule has 0 N–H and O–H groups in total. The van der Waals surface area contributed by atoms with E-state index in [1.165, 1.54) is 0 Å². The number of hydrogen-bond acceptors (Lipinski definition) is 0. The van der Waals surface area contributed by atoms with Crippen molar-refractivity contribution in [3.63, 3.8) is 0 Å². The zero-order valence-electron chi connectivity index (χ0n) is 14.5. The van der Waals surface area contributed by atoms with E-state index in [-0.39, 0.29) is 17.1 Å². The molecule has 1 radical (unpaired) electrons. The third-order valence-electron chi connectivity index (χ3n) is 2.71. The molecule has 21 heavy (non-hydrogen) atoms. The van der Waals surface area contributed by atoms with E-state index in [0.717, 1.165) is 8.64 Å². The minimum atomic E-state index is 0. The monoisotopic (exact) mass is 414 g/mol. The molecular weight excluding hydrogens is 380 g/mol. The van der Waals surface area contributed by atoms with Crippen LogP contribution in [0.15, 0.2) is 0 Å². The molecule has 0 atom stereocenters. The Kier molecular flexibility index (Phi) is 17.8. The summed E-state index contributed by atoms with van der Waals surface area (Å²) in [4.78, 5) is 4.39. The van der Waals surface area contributed by atoms with Crippen molar-refractivity contribution < 1.29 is 17.1 Å². The van der Waals surface area contributed by atoms with Gasteiger partial charge in [0.2, 0.25) is 24.4 Å². The van der Waals surface area contributed by atoms with Crippen molar-refractivity contribution in [3.8, 4) is 0 Å². The Labute approximate surface area is 164 Å². The van der Waals surface area contributed by atoms with E-state index in [9.17, 15) is 0 Å². The van der Waals surface area contributed by atoms with E-state index in [0.29, 0.717) is 24.2 Å². The van der Waals surface area contributed by atoms with Crippen molar-refractivity contribution in [3.05, 3.63) is 0 Å². The Morgan fingerprint density at radius 2 is 0.762 bits per heavy atom. The summed E-state index contributed by atoms with van der Waals surface area (Å²) in [7, 11) is 0. The van der Waals surface area contributed by atoms with Crippen LogP contribution >= 0.6 is 0 Å². The first kappa shape index (κ1) is 27.2. The fourth-order valence-corrected chi connectivity index (χ4v) is 4.13. The quantitative estimate of drug-likeness (QED) is 0.293. The molecule has 0 saturated carbocycles. The maximum absolute atomic E-state index is 4.23. The van der Waals surface area contributed by atoms with Crippen LogP contribution in [0, 0.1) is 0 Å². The molecule has 0 amide bonds. The van der Waals surface area contributed by atoms with Crippen LogP contribution < -0.4 is 0 Å². The topological polar surface area (TPSA) is 6.48 Å². The minimum absolute atomic E-state index is 0. The van der Waals surface area contributed by atoms with Crippen LogP contribution in [0.5, 0.6) is 0 Å². The van der Waals surface area contributed by atoms with Gasteiger partial charge in [-0.1, -0.05) is 0 Å². The fourth-order valence-electron chi connectivity index (χ4n) is 2.17. The first-order chi connectivity index (χ1) is 8.93. The van der Waals surface area contributed by atoms with Crippen LogP contribution in [-0.4, -0.2) is 42.6 Å². The van der Waals surface area contributed by atoms with Crippen molar-refractivity contribution in [2.45, 2.75) is 79.6 Å². The van der Waals surface area contributed by atoms with Gasteiger partial charge in [0, 0.05) is 24.2 Å². The first-order valence-corrected chi connectivity index (χ1v) is 8.94. The summed E-state index contributed by atoms with van der Waals surface area (Å²) in [6.07, 6.45) is 0. The van der Waals surface area contributed by atoms with E-state index in [1.54, 1.807) is 0 Å². The van der Waals surface area contributed by atoms with Gasteiger partial charge >= 0.3 is 25.7 Å². The Hall–Kier alpha value is 1.32. The van der Waals surface area contributed by atoms with Gasteiger partial charge in [0.1, 0.15) is 0 Å². The Morgan fingerprint density at radius 3 is 0.762 bits per heavy atom. The summed E-state index contributed by atoms with van der Waals surface area (Å²) in [5.74, 6) is 0. The molecule has 0 spiro atoms. The van der Waals surface area contributed by atoms with Crippen molar-refractivity contribution >= 4 is 58.3 Å². The van der Waals surface area contributed by atoms with Crippen LogP contribution in [-0.2, 0) is 66.8 Å². The summed E-state index contributed by atoms with van der Waals surface area (Å²) >= 11 is 15.3. The molecule has 125 valence electrons. The third-order valence-corrected chi connectivity index (χ3v) is 3.69. The van der Waals surface area contributed by atoms with Gasteiger partial charge in [0.05, 0.1) is 25.3 Å². The smallest absolute Gasteiger partial charge is 0.179 e. The number of thiol groups is 2. The van der Waals surface area contributed by atoms with Gasteiger partial charge in [0.15, 0.2) is 0 Å². The maximum atomic E-state index is 4.23. The summed E-state index contributed by atoms with van der Waals surface area (Å²) in [5.41, 5.74) is 0. The minimum Gasteiger partial charge on any atom is -0.179 e. The molecule has 0 unspecified atom stereocenters. The van der Waals surface area contributed by atoms with Gasteiger partial charge in [0.25, 0.3) is 0 Å². The van der Waals surface area contributed by atoms with Crippen molar-refractivity contribution in [2.75, 3.05) is 0 Å². The van der Waals surface area contributed by atoms with Gasteiger partial charge in [-0.2, -0.15) is 9.80 Å². The van der Waals surface area contributed by atoms with E-state index in [2.05, 4.69) is 115 Å².